The number of para-hydroxylation sites is 1. The van der Waals surface area contributed by atoms with Crippen LogP contribution in [0.3, 0.4) is 0 Å². The van der Waals surface area contributed by atoms with E-state index >= 15 is 0 Å². The number of methoxy groups -OCH3 is 2. The van der Waals surface area contributed by atoms with Crippen molar-refractivity contribution in [3.05, 3.63) is 53.6 Å². The van der Waals surface area contributed by atoms with Crippen molar-refractivity contribution < 1.29 is 19.1 Å². The smallest absolute Gasteiger partial charge is 0.223 e. The second kappa shape index (κ2) is 9.45. The molecule has 1 aliphatic rings. The Morgan fingerprint density at radius 2 is 1.62 bits per heavy atom. The van der Waals surface area contributed by atoms with Crippen LogP contribution in [0.5, 0.6) is 11.5 Å². The molecule has 154 valence electrons. The third-order valence-electron chi connectivity index (χ3n) is 5.36. The number of benzene rings is 2. The number of hydrogen-bond donors (Lipinski definition) is 0. The van der Waals surface area contributed by atoms with Gasteiger partial charge in [0.1, 0.15) is 0 Å². The van der Waals surface area contributed by atoms with E-state index in [1.807, 2.05) is 47.4 Å². The zero-order valence-corrected chi connectivity index (χ0v) is 17.3. The Balaban J connectivity index is 1.53. The molecular weight excluding hydrogens is 368 g/mol. The average molecular weight is 396 g/mol. The third kappa shape index (κ3) is 4.88. The first-order valence-corrected chi connectivity index (χ1v) is 9.87. The van der Waals surface area contributed by atoms with Gasteiger partial charge in [-0.15, -0.1) is 0 Å². The number of piperazine rings is 1. The van der Waals surface area contributed by atoms with Crippen LogP contribution in [0.25, 0.3) is 0 Å². The van der Waals surface area contributed by atoms with Crippen molar-refractivity contribution in [2.24, 2.45) is 0 Å². The summed E-state index contributed by atoms with van der Waals surface area (Å²) in [7, 11) is 3.23. The zero-order chi connectivity index (χ0) is 20.8. The summed E-state index contributed by atoms with van der Waals surface area (Å²) in [5.41, 5.74) is 2.78. The highest BCUT2D eigenvalue weighted by Gasteiger charge is 2.22. The molecule has 1 amide bonds. The second-order valence-electron chi connectivity index (χ2n) is 7.12. The quantitative estimate of drug-likeness (QED) is 0.673. The molecule has 6 heteroatoms. The van der Waals surface area contributed by atoms with E-state index in [0.29, 0.717) is 37.4 Å². The van der Waals surface area contributed by atoms with Crippen molar-refractivity contribution >= 4 is 17.4 Å². The van der Waals surface area contributed by atoms with Gasteiger partial charge in [0.15, 0.2) is 17.3 Å². The number of Topliss-reactive ketones (excluding diaryl/α,β-unsaturated/α-hetero) is 1. The maximum absolute atomic E-state index is 12.7. The number of hydrogen-bond acceptors (Lipinski definition) is 5. The molecular formula is C23H28N2O4. The fraction of sp³-hybridized carbons (Fsp3) is 0.391. The number of nitrogens with zero attached hydrogens (tertiary/aromatic N) is 2. The zero-order valence-electron chi connectivity index (χ0n) is 17.3. The number of aryl methyl sites for hydroxylation is 1. The molecule has 3 rings (SSSR count). The van der Waals surface area contributed by atoms with Crippen LogP contribution in [-0.2, 0) is 11.2 Å². The number of carbonyl (C=O) groups excluding carboxylic acids is 2. The monoisotopic (exact) mass is 396 g/mol. The summed E-state index contributed by atoms with van der Waals surface area (Å²) in [5.74, 6) is 1.60. The summed E-state index contributed by atoms with van der Waals surface area (Å²) in [4.78, 5) is 28.3. The molecule has 1 heterocycles. The van der Waals surface area contributed by atoms with Gasteiger partial charge >= 0.3 is 0 Å². The molecule has 1 aliphatic heterocycles. The van der Waals surface area contributed by atoms with Gasteiger partial charge in [0.05, 0.1) is 14.2 Å². The number of rotatable bonds is 7. The van der Waals surface area contributed by atoms with Crippen LogP contribution in [0.15, 0.2) is 42.5 Å². The van der Waals surface area contributed by atoms with Crippen LogP contribution in [-0.4, -0.2) is 57.0 Å². The largest absolute Gasteiger partial charge is 0.493 e. The standard InChI is InChI=1S/C23H28N2O4/c1-17(26)18-7-10-20(11-8-18)24-13-15-25(16-14-24)22(27)12-9-19-5-4-6-21(28-2)23(19)29-3/h4-8,10-11H,9,12-16H2,1-3H3. The number of carbonyl (C=O) groups is 2. The fourth-order valence-corrected chi connectivity index (χ4v) is 3.67. The van der Waals surface area contributed by atoms with Crippen LogP contribution in [0, 0.1) is 0 Å². The lowest BCUT2D eigenvalue weighted by molar-refractivity contribution is -0.131. The Bertz CT molecular complexity index is 856. The molecule has 0 spiro atoms. The van der Waals surface area contributed by atoms with Gasteiger partial charge in [-0.2, -0.15) is 0 Å². The Labute approximate surface area is 172 Å². The van der Waals surface area contributed by atoms with Crippen molar-refractivity contribution in [3.8, 4) is 11.5 Å². The number of ketones is 1. The van der Waals surface area contributed by atoms with E-state index in [9.17, 15) is 9.59 Å². The molecule has 29 heavy (non-hydrogen) atoms. The Kier molecular flexibility index (Phi) is 6.75. The van der Waals surface area contributed by atoms with Gasteiger partial charge < -0.3 is 19.3 Å². The molecule has 0 aliphatic carbocycles. The van der Waals surface area contributed by atoms with Crippen molar-refractivity contribution in [2.75, 3.05) is 45.3 Å². The summed E-state index contributed by atoms with van der Waals surface area (Å²) in [6.45, 7) is 4.53. The van der Waals surface area contributed by atoms with Crippen LogP contribution in [0.4, 0.5) is 5.69 Å². The highest BCUT2D eigenvalue weighted by molar-refractivity contribution is 5.94. The molecule has 0 N–H and O–H groups in total. The minimum Gasteiger partial charge on any atom is -0.493 e. The van der Waals surface area contributed by atoms with Crippen LogP contribution < -0.4 is 14.4 Å². The van der Waals surface area contributed by atoms with Crippen LogP contribution in [0.1, 0.15) is 29.3 Å². The lowest BCUT2D eigenvalue weighted by atomic mass is 10.1. The first-order valence-electron chi connectivity index (χ1n) is 9.87. The predicted molar refractivity (Wildman–Crippen MR) is 113 cm³/mol. The molecule has 1 saturated heterocycles. The van der Waals surface area contributed by atoms with E-state index in [0.717, 1.165) is 29.9 Å². The number of amides is 1. The van der Waals surface area contributed by atoms with Gasteiger partial charge in [0.25, 0.3) is 0 Å². The lowest BCUT2D eigenvalue weighted by Gasteiger charge is -2.36. The lowest BCUT2D eigenvalue weighted by Crippen LogP contribution is -2.48. The molecule has 2 aromatic rings. The summed E-state index contributed by atoms with van der Waals surface area (Å²) in [6.07, 6.45) is 1.06. The van der Waals surface area contributed by atoms with Gasteiger partial charge in [-0.1, -0.05) is 12.1 Å². The van der Waals surface area contributed by atoms with E-state index in [2.05, 4.69) is 4.90 Å². The van der Waals surface area contributed by atoms with E-state index in [1.54, 1.807) is 21.1 Å². The van der Waals surface area contributed by atoms with Crippen molar-refractivity contribution in [3.63, 3.8) is 0 Å². The van der Waals surface area contributed by atoms with Crippen molar-refractivity contribution in [1.29, 1.82) is 0 Å². The van der Waals surface area contributed by atoms with Crippen LogP contribution >= 0.6 is 0 Å². The normalized spacial score (nSPS) is 13.9. The molecule has 0 atom stereocenters. The maximum atomic E-state index is 12.7. The Hall–Kier alpha value is -3.02. The minimum absolute atomic E-state index is 0.0691. The molecule has 1 fully saturated rings. The van der Waals surface area contributed by atoms with E-state index < -0.39 is 0 Å². The topological polar surface area (TPSA) is 59.1 Å². The fourth-order valence-electron chi connectivity index (χ4n) is 3.67. The summed E-state index contributed by atoms with van der Waals surface area (Å²) >= 11 is 0. The second-order valence-corrected chi connectivity index (χ2v) is 7.12. The van der Waals surface area contributed by atoms with Gasteiger partial charge in [-0.25, -0.2) is 0 Å². The summed E-state index contributed by atoms with van der Waals surface area (Å²) < 4.78 is 10.8. The molecule has 0 radical (unpaired) electrons. The molecule has 0 saturated carbocycles. The first kappa shape index (κ1) is 20.7. The molecule has 2 aromatic carbocycles. The maximum Gasteiger partial charge on any atom is 0.223 e. The summed E-state index contributed by atoms with van der Waals surface area (Å²) in [5, 5.41) is 0. The number of ether oxygens (including phenoxy) is 2. The Morgan fingerprint density at radius 3 is 2.21 bits per heavy atom. The van der Waals surface area contributed by atoms with Crippen molar-refractivity contribution in [2.45, 2.75) is 19.8 Å². The average Bonchev–Trinajstić information content (AvgIpc) is 2.77. The number of anilines is 1. The summed E-state index contributed by atoms with van der Waals surface area (Å²) in [6, 6.07) is 13.4. The van der Waals surface area contributed by atoms with E-state index in [1.165, 1.54) is 0 Å². The van der Waals surface area contributed by atoms with E-state index in [-0.39, 0.29) is 11.7 Å². The third-order valence-corrected chi connectivity index (χ3v) is 5.36. The Morgan fingerprint density at radius 1 is 0.931 bits per heavy atom. The first-order chi connectivity index (χ1) is 14.0. The van der Waals surface area contributed by atoms with Crippen molar-refractivity contribution in [1.82, 2.24) is 4.90 Å². The minimum atomic E-state index is 0.0691. The van der Waals surface area contributed by atoms with Gasteiger partial charge in [0, 0.05) is 43.9 Å². The van der Waals surface area contributed by atoms with Gasteiger partial charge in [0.2, 0.25) is 5.91 Å². The van der Waals surface area contributed by atoms with Crippen LogP contribution in [0.2, 0.25) is 0 Å². The van der Waals surface area contributed by atoms with Gasteiger partial charge in [-0.05, 0) is 49.2 Å². The molecule has 6 nitrogen and oxygen atoms in total. The molecule has 0 aromatic heterocycles. The molecule has 0 bridgehead atoms. The highest BCUT2D eigenvalue weighted by atomic mass is 16.5. The highest BCUT2D eigenvalue weighted by Crippen LogP contribution is 2.31. The predicted octanol–water partition coefficient (Wildman–Crippen LogP) is 3.19. The SMILES string of the molecule is COc1cccc(CCC(=O)N2CCN(c3ccc(C(C)=O)cc3)CC2)c1OC. The molecule has 0 unspecified atom stereocenters. The van der Waals surface area contributed by atoms with E-state index in [4.69, 9.17) is 9.47 Å². The van der Waals surface area contributed by atoms with Gasteiger partial charge in [-0.3, -0.25) is 9.59 Å².